The molecule has 0 bridgehead atoms. The number of piperazine rings is 2. The molecule has 0 unspecified atom stereocenters. The van der Waals surface area contributed by atoms with Crippen LogP contribution >= 0.6 is 0 Å². The monoisotopic (exact) mass is 391 g/mol. The van der Waals surface area contributed by atoms with E-state index in [4.69, 9.17) is 15.2 Å². The van der Waals surface area contributed by atoms with E-state index in [1.54, 1.807) is 0 Å². The van der Waals surface area contributed by atoms with Crippen LogP contribution in [0, 0.1) is 25.2 Å². The van der Waals surface area contributed by atoms with Gasteiger partial charge in [-0.15, -0.1) is 0 Å². The lowest BCUT2D eigenvalue weighted by Crippen LogP contribution is -2.47. The number of hydrogen-bond donors (Lipinski definition) is 0. The van der Waals surface area contributed by atoms with Gasteiger partial charge in [0.1, 0.15) is 5.82 Å². The van der Waals surface area contributed by atoms with Crippen LogP contribution in [0.2, 0.25) is 0 Å². The molecule has 2 saturated heterocycles. The van der Waals surface area contributed by atoms with Crippen molar-refractivity contribution in [2.24, 2.45) is 0 Å². The van der Waals surface area contributed by atoms with Crippen molar-refractivity contribution in [2.75, 3.05) is 74.1 Å². The first-order chi connectivity index (χ1) is 14.0. The normalized spacial score (nSPS) is 18.1. The van der Waals surface area contributed by atoms with Gasteiger partial charge in [0.05, 0.1) is 11.6 Å². The highest BCUT2D eigenvalue weighted by Crippen LogP contribution is 2.23. The lowest BCUT2D eigenvalue weighted by Gasteiger charge is -2.37. The molecule has 7 nitrogen and oxygen atoms in total. The summed E-state index contributed by atoms with van der Waals surface area (Å²) in [5.74, 6) is 1.89. The Labute approximate surface area is 173 Å². The van der Waals surface area contributed by atoms with Crippen molar-refractivity contribution in [3.63, 3.8) is 0 Å². The number of likely N-dealkylation sites (N-methyl/N-ethyl adjacent to an activating group) is 1. The number of benzene rings is 1. The molecule has 2 aliphatic heterocycles. The van der Waals surface area contributed by atoms with Crippen molar-refractivity contribution in [1.29, 1.82) is 5.26 Å². The molecule has 0 atom stereocenters. The quantitative estimate of drug-likeness (QED) is 0.793. The number of nitrogens with zero attached hydrogens (tertiary/aromatic N) is 7. The van der Waals surface area contributed by atoms with Crippen molar-refractivity contribution in [3.05, 3.63) is 41.1 Å². The van der Waals surface area contributed by atoms with E-state index >= 15 is 0 Å². The van der Waals surface area contributed by atoms with Crippen LogP contribution in [-0.2, 0) is 0 Å². The van der Waals surface area contributed by atoms with Crippen LogP contribution in [0.15, 0.2) is 24.3 Å². The third-order valence-electron chi connectivity index (χ3n) is 5.91. The van der Waals surface area contributed by atoms with Crippen molar-refractivity contribution in [3.8, 4) is 6.07 Å². The average Bonchev–Trinajstić information content (AvgIpc) is 2.74. The molecule has 1 aromatic heterocycles. The zero-order valence-corrected chi connectivity index (χ0v) is 17.6. The molecule has 0 radical (unpaired) electrons. The van der Waals surface area contributed by atoms with E-state index in [-0.39, 0.29) is 0 Å². The molecular weight excluding hydrogens is 362 g/mol. The van der Waals surface area contributed by atoms with Crippen LogP contribution in [0.3, 0.4) is 0 Å². The first kappa shape index (κ1) is 19.5. The van der Waals surface area contributed by atoms with Gasteiger partial charge in [0, 0.05) is 69.8 Å². The third-order valence-corrected chi connectivity index (χ3v) is 5.91. The van der Waals surface area contributed by atoms with Crippen molar-refractivity contribution in [1.82, 2.24) is 14.9 Å². The number of hydrogen-bond acceptors (Lipinski definition) is 7. The summed E-state index contributed by atoms with van der Waals surface area (Å²) < 4.78 is 0. The van der Waals surface area contributed by atoms with E-state index in [0.717, 1.165) is 80.9 Å². The van der Waals surface area contributed by atoms with Gasteiger partial charge in [-0.25, -0.2) is 4.98 Å². The van der Waals surface area contributed by atoms with E-state index in [0.29, 0.717) is 0 Å². The molecule has 0 aliphatic carbocycles. The highest BCUT2D eigenvalue weighted by Gasteiger charge is 2.22. The summed E-state index contributed by atoms with van der Waals surface area (Å²) >= 11 is 0. The van der Waals surface area contributed by atoms with Gasteiger partial charge < -0.3 is 19.6 Å². The largest absolute Gasteiger partial charge is 0.368 e. The van der Waals surface area contributed by atoms with Crippen molar-refractivity contribution in [2.45, 2.75) is 13.8 Å². The fourth-order valence-electron chi connectivity index (χ4n) is 4.01. The topological polar surface area (TPSA) is 62.5 Å². The molecule has 0 amide bonds. The molecule has 29 heavy (non-hydrogen) atoms. The first-order valence-electron chi connectivity index (χ1n) is 10.3. The van der Waals surface area contributed by atoms with E-state index < -0.39 is 0 Å². The molecule has 2 aliphatic rings. The Kier molecular flexibility index (Phi) is 5.54. The Morgan fingerprint density at radius 1 is 0.828 bits per heavy atom. The summed E-state index contributed by atoms with van der Waals surface area (Å²) in [6, 6.07) is 10.4. The highest BCUT2D eigenvalue weighted by molar-refractivity contribution is 5.55. The molecule has 152 valence electrons. The lowest BCUT2D eigenvalue weighted by atomic mass is 10.1. The third kappa shape index (κ3) is 4.28. The second kappa shape index (κ2) is 8.26. The Morgan fingerprint density at radius 3 is 2.14 bits per heavy atom. The SMILES string of the molecule is Cc1cc(N2CCN(C)CC2)nc(N2CCN(c3ccc(C#N)c(C)c3)CC2)n1. The van der Waals surface area contributed by atoms with Gasteiger partial charge in [-0.1, -0.05) is 0 Å². The Bertz CT molecular complexity index is 904. The second-order valence-electron chi connectivity index (χ2n) is 8.04. The first-order valence-corrected chi connectivity index (χ1v) is 10.3. The van der Waals surface area contributed by atoms with Gasteiger partial charge in [-0.2, -0.15) is 10.2 Å². The van der Waals surface area contributed by atoms with E-state index in [9.17, 15) is 0 Å². The molecule has 0 N–H and O–H groups in total. The summed E-state index contributed by atoms with van der Waals surface area (Å²) in [7, 11) is 2.17. The van der Waals surface area contributed by atoms with Gasteiger partial charge >= 0.3 is 0 Å². The van der Waals surface area contributed by atoms with Crippen LogP contribution in [0.1, 0.15) is 16.8 Å². The summed E-state index contributed by atoms with van der Waals surface area (Å²) in [5.41, 5.74) is 3.99. The summed E-state index contributed by atoms with van der Waals surface area (Å²) in [6.45, 7) is 11.9. The van der Waals surface area contributed by atoms with Crippen molar-refractivity contribution < 1.29 is 0 Å². The maximum absolute atomic E-state index is 9.14. The minimum absolute atomic E-state index is 0.747. The standard InChI is InChI=1S/C22H29N7/c1-17-14-20(5-4-19(17)16-23)27-10-12-29(13-11-27)22-24-18(2)15-21(25-22)28-8-6-26(3)7-9-28/h4-5,14-15H,6-13H2,1-3H3. The smallest absolute Gasteiger partial charge is 0.227 e. The van der Waals surface area contributed by atoms with Crippen LogP contribution in [-0.4, -0.2) is 74.3 Å². The Morgan fingerprint density at radius 2 is 1.48 bits per heavy atom. The van der Waals surface area contributed by atoms with E-state index in [1.807, 2.05) is 13.0 Å². The van der Waals surface area contributed by atoms with Gasteiger partial charge in [-0.05, 0) is 44.7 Å². The molecule has 4 rings (SSSR count). The molecule has 7 heteroatoms. The molecule has 3 heterocycles. The maximum atomic E-state index is 9.14. The number of aryl methyl sites for hydroxylation is 2. The highest BCUT2D eigenvalue weighted by atomic mass is 15.3. The predicted molar refractivity (Wildman–Crippen MR) is 117 cm³/mol. The zero-order valence-electron chi connectivity index (χ0n) is 17.6. The average molecular weight is 392 g/mol. The fourth-order valence-corrected chi connectivity index (χ4v) is 4.01. The zero-order chi connectivity index (χ0) is 20.4. The van der Waals surface area contributed by atoms with Gasteiger partial charge in [-0.3, -0.25) is 0 Å². The number of rotatable bonds is 3. The molecule has 2 fully saturated rings. The molecule has 0 spiro atoms. The van der Waals surface area contributed by atoms with Crippen LogP contribution < -0.4 is 14.7 Å². The fraction of sp³-hybridized carbons (Fsp3) is 0.500. The minimum Gasteiger partial charge on any atom is -0.368 e. The molecule has 1 aromatic carbocycles. The summed E-state index contributed by atoms with van der Waals surface area (Å²) in [5, 5.41) is 9.14. The molecule has 0 saturated carbocycles. The summed E-state index contributed by atoms with van der Waals surface area (Å²) in [4.78, 5) is 19.0. The van der Waals surface area contributed by atoms with Gasteiger partial charge in [0.25, 0.3) is 0 Å². The number of nitriles is 1. The maximum Gasteiger partial charge on any atom is 0.227 e. The molecule has 2 aromatic rings. The van der Waals surface area contributed by atoms with Crippen LogP contribution in [0.5, 0.6) is 0 Å². The van der Waals surface area contributed by atoms with Crippen molar-refractivity contribution >= 4 is 17.5 Å². The minimum atomic E-state index is 0.747. The van der Waals surface area contributed by atoms with Crippen LogP contribution in [0.4, 0.5) is 17.5 Å². The van der Waals surface area contributed by atoms with Gasteiger partial charge in [0.2, 0.25) is 5.95 Å². The van der Waals surface area contributed by atoms with E-state index in [1.165, 1.54) is 5.69 Å². The summed E-state index contributed by atoms with van der Waals surface area (Å²) in [6.07, 6.45) is 0. The number of aromatic nitrogens is 2. The second-order valence-corrected chi connectivity index (χ2v) is 8.04. The lowest BCUT2D eigenvalue weighted by molar-refractivity contribution is 0.312. The Hall–Kier alpha value is -2.85. The molecular formula is C22H29N7. The predicted octanol–water partition coefficient (Wildman–Crippen LogP) is 2.04. The van der Waals surface area contributed by atoms with Gasteiger partial charge in [0.15, 0.2) is 0 Å². The van der Waals surface area contributed by atoms with E-state index in [2.05, 4.69) is 57.8 Å². The number of anilines is 3. The Balaban J connectivity index is 1.44. The van der Waals surface area contributed by atoms with Crippen LogP contribution in [0.25, 0.3) is 0 Å².